The number of morpholine rings is 1. The zero-order valence-electron chi connectivity index (χ0n) is 13.9. The SMILES string of the molecule is C[C@H](C(=O)NCCc1cccs1)N1CCO[C@H](Cn2cccn2)C1. The number of hydrogen-bond donors (Lipinski definition) is 1. The maximum Gasteiger partial charge on any atom is 0.237 e. The lowest BCUT2D eigenvalue weighted by atomic mass is 10.2. The van der Waals surface area contributed by atoms with Gasteiger partial charge >= 0.3 is 0 Å². The average molecular weight is 348 g/mol. The molecular formula is C17H24N4O2S. The summed E-state index contributed by atoms with van der Waals surface area (Å²) in [6.45, 7) is 5.56. The molecule has 1 aliphatic heterocycles. The Labute approximate surface area is 146 Å². The van der Waals surface area contributed by atoms with Crippen LogP contribution >= 0.6 is 11.3 Å². The van der Waals surface area contributed by atoms with Crippen LogP contribution in [0.25, 0.3) is 0 Å². The first-order valence-electron chi connectivity index (χ1n) is 8.35. The van der Waals surface area contributed by atoms with Gasteiger partial charge in [-0.15, -0.1) is 11.3 Å². The van der Waals surface area contributed by atoms with E-state index in [0.29, 0.717) is 13.2 Å². The van der Waals surface area contributed by atoms with Crippen molar-refractivity contribution in [1.82, 2.24) is 20.0 Å². The Balaban J connectivity index is 1.44. The Morgan fingerprint density at radius 1 is 1.54 bits per heavy atom. The summed E-state index contributed by atoms with van der Waals surface area (Å²) in [7, 11) is 0. The van der Waals surface area contributed by atoms with Crippen LogP contribution in [0.3, 0.4) is 0 Å². The highest BCUT2D eigenvalue weighted by atomic mass is 32.1. The van der Waals surface area contributed by atoms with Gasteiger partial charge in [0, 0.05) is 36.9 Å². The van der Waals surface area contributed by atoms with E-state index in [0.717, 1.165) is 26.1 Å². The monoisotopic (exact) mass is 348 g/mol. The van der Waals surface area contributed by atoms with Crippen LogP contribution in [0.15, 0.2) is 36.0 Å². The standard InChI is InChI=1S/C17H24N4O2S/c1-14(17(22)18-7-5-16-4-2-11-24-16)20-9-10-23-15(12-20)13-21-8-3-6-19-21/h2-4,6,8,11,14-15H,5,7,9-10,12-13H2,1H3,(H,18,22)/t14-,15+/m1/s1. The van der Waals surface area contributed by atoms with Gasteiger partial charge in [-0.25, -0.2) is 0 Å². The Hall–Kier alpha value is -1.70. The maximum absolute atomic E-state index is 12.4. The molecule has 3 heterocycles. The van der Waals surface area contributed by atoms with E-state index in [1.54, 1.807) is 17.5 Å². The Morgan fingerprint density at radius 2 is 2.46 bits per heavy atom. The summed E-state index contributed by atoms with van der Waals surface area (Å²) >= 11 is 1.73. The lowest BCUT2D eigenvalue weighted by Crippen LogP contribution is -2.53. The van der Waals surface area contributed by atoms with Crippen molar-refractivity contribution >= 4 is 17.2 Å². The van der Waals surface area contributed by atoms with Crippen molar-refractivity contribution in [3.63, 3.8) is 0 Å². The molecule has 0 saturated carbocycles. The molecular weight excluding hydrogens is 324 g/mol. The molecule has 1 N–H and O–H groups in total. The number of carbonyl (C=O) groups is 1. The predicted molar refractivity (Wildman–Crippen MR) is 94.0 cm³/mol. The van der Waals surface area contributed by atoms with Crippen molar-refractivity contribution in [2.75, 3.05) is 26.2 Å². The highest BCUT2D eigenvalue weighted by Crippen LogP contribution is 2.11. The molecule has 0 aromatic carbocycles. The first-order chi connectivity index (χ1) is 11.7. The van der Waals surface area contributed by atoms with E-state index in [1.165, 1.54) is 4.88 Å². The second-order valence-electron chi connectivity index (χ2n) is 6.01. The number of carbonyl (C=O) groups excluding carboxylic acids is 1. The average Bonchev–Trinajstić information content (AvgIpc) is 3.28. The van der Waals surface area contributed by atoms with Crippen LogP contribution < -0.4 is 5.32 Å². The van der Waals surface area contributed by atoms with Crippen LogP contribution in [0.5, 0.6) is 0 Å². The largest absolute Gasteiger partial charge is 0.374 e. The van der Waals surface area contributed by atoms with Crippen LogP contribution in [-0.4, -0.2) is 59.0 Å². The molecule has 2 aromatic heterocycles. The number of ether oxygens (including phenoxy) is 1. The lowest BCUT2D eigenvalue weighted by molar-refractivity contribution is -0.129. The summed E-state index contributed by atoms with van der Waals surface area (Å²) in [6.07, 6.45) is 4.66. The third-order valence-electron chi connectivity index (χ3n) is 4.30. The van der Waals surface area contributed by atoms with Crippen LogP contribution in [0, 0.1) is 0 Å². The van der Waals surface area contributed by atoms with E-state index in [4.69, 9.17) is 4.74 Å². The summed E-state index contributed by atoms with van der Waals surface area (Å²) < 4.78 is 7.68. The van der Waals surface area contributed by atoms with Gasteiger partial charge in [0.05, 0.1) is 25.3 Å². The molecule has 24 heavy (non-hydrogen) atoms. The molecule has 0 unspecified atom stereocenters. The van der Waals surface area contributed by atoms with Crippen molar-refractivity contribution in [2.24, 2.45) is 0 Å². The summed E-state index contributed by atoms with van der Waals surface area (Å²) in [6, 6.07) is 5.90. The van der Waals surface area contributed by atoms with Gasteiger partial charge in [0.2, 0.25) is 5.91 Å². The van der Waals surface area contributed by atoms with Gasteiger partial charge in [-0.1, -0.05) is 6.07 Å². The van der Waals surface area contributed by atoms with Crippen LogP contribution in [-0.2, 0) is 22.5 Å². The zero-order chi connectivity index (χ0) is 16.8. The normalized spacial score (nSPS) is 20.0. The minimum atomic E-state index is -0.141. The second kappa shape index (κ2) is 8.41. The molecule has 2 aromatic rings. The lowest BCUT2D eigenvalue weighted by Gasteiger charge is -2.36. The van der Waals surface area contributed by atoms with Crippen LogP contribution in [0.1, 0.15) is 11.8 Å². The number of aromatic nitrogens is 2. The van der Waals surface area contributed by atoms with Gasteiger partial charge in [0.25, 0.3) is 0 Å². The minimum absolute atomic E-state index is 0.0695. The van der Waals surface area contributed by atoms with Crippen molar-refractivity contribution in [3.05, 3.63) is 40.8 Å². The molecule has 130 valence electrons. The third kappa shape index (κ3) is 4.66. The predicted octanol–water partition coefficient (Wildman–Crippen LogP) is 1.39. The van der Waals surface area contributed by atoms with Crippen LogP contribution in [0.2, 0.25) is 0 Å². The van der Waals surface area contributed by atoms with E-state index in [2.05, 4.69) is 26.8 Å². The highest BCUT2D eigenvalue weighted by molar-refractivity contribution is 7.09. The van der Waals surface area contributed by atoms with Crippen molar-refractivity contribution < 1.29 is 9.53 Å². The molecule has 7 heteroatoms. The molecule has 6 nitrogen and oxygen atoms in total. The summed E-state index contributed by atoms with van der Waals surface area (Å²) in [5.41, 5.74) is 0. The van der Waals surface area contributed by atoms with Crippen molar-refractivity contribution in [3.8, 4) is 0 Å². The molecule has 1 saturated heterocycles. The Kier molecular flexibility index (Phi) is 6.01. The van der Waals surface area contributed by atoms with Gasteiger partial charge in [-0.2, -0.15) is 5.10 Å². The van der Waals surface area contributed by atoms with Gasteiger partial charge < -0.3 is 10.1 Å². The maximum atomic E-state index is 12.4. The van der Waals surface area contributed by atoms with E-state index >= 15 is 0 Å². The molecule has 1 aliphatic rings. The quantitative estimate of drug-likeness (QED) is 0.822. The number of thiophene rings is 1. The smallest absolute Gasteiger partial charge is 0.237 e. The molecule has 1 amide bonds. The summed E-state index contributed by atoms with van der Waals surface area (Å²) in [5.74, 6) is 0.0892. The van der Waals surface area contributed by atoms with Crippen molar-refractivity contribution in [1.29, 1.82) is 0 Å². The summed E-state index contributed by atoms with van der Waals surface area (Å²) in [5, 5.41) is 9.33. The number of hydrogen-bond acceptors (Lipinski definition) is 5. The molecule has 0 bridgehead atoms. The molecule has 0 radical (unpaired) electrons. The van der Waals surface area contributed by atoms with Gasteiger partial charge in [-0.3, -0.25) is 14.4 Å². The fourth-order valence-corrected chi connectivity index (χ4v) is 3.61. The van der Waals surface area contributed by atoms with Crippen LogP contribution in [0.4, 0.5) is 0 Å². The number of nitrogens with zero attached hydrogens (tertiary/aromatic N) is 3. The fourth-order valence-electron chi connectivity index (χ4n) is 2.90. The molecule has 3 rings (SSSR count). The molecule has 2 atom stereocenters. The van der Waals surface area contributed by atoms with Gasteiger partial charge in [0.15, 0.2) is 0 Å². The molecule has 0 aliphatic carbocycles. The van der Waals surface area contributed by atoms with E-state index < -0.39 is 0 Å². The van der Waals surface area contributed by atoms with Gasteiger partial charge in [-0.05, 0) is 30.9 Å². The number of rotatable bonds is 7. The van der Waals surface area contributed by atoms with Gasteiger partial charge in [0.1, 0.15) is 0 Å². The van der Waals surface area contributed by atoms with E-state index in [1.807, 2.05) is 29.9 Å². The Bertz CT molecular complexity index is 615. The highest BCUT2D eigenvalue weighted by Gasteiger charge is 2.28. The molecule has 0 spiro atoms. The van der Waals surface area contributed by atoms with E-state index in [-0.39, 0.29) is 18.1 Å². The fraction of sp³-hybridized carbons (Fsp3) is 0.529. The first-order valence-corrected chi connectivity index (χ1v) is 9.23. The number of amides is 1. The second-order valence-corrected chi connectivity index (χ2v) is 7.04. The first kappa shape index (κ1) is 17.1. The summed E-state index contributed by atoms with van der Waals surface area (Å²) in [4.78, 5) is 15.9. The van der Waals surface area contributed by atoms with Crippen molar-refractivity contribution in [2.45, 2.75) is 32.0 Å². The molecule has 1 fully saturated rings. The topological polar surface area (TPSA) is 59.4 Å². The zero-order valence-corrected chi connectivity index (χ0v) is 14.7. The minimum Gasteiger partial charge on any atom is -0.374 e. The Morgan fingerprint density at radius 3 is 3.21 bits per heavy atom. The number of nitrogens with one attached hydrogen (secondary N) is 1. The van der Waals surface area contributed by atoms with E-state index in [9.17, 15) is 4.79 Å². The third-order valence-corrected chi connectivity index (χ3v) is 5.23.